The standard InChI is InChI=1S/C23H24N6O/c1-17-22(27-19-7-3-2-6-18(19)26-17)23-25-10-11-29(23)16-21(20-8-4-5-9-24-20)28-12-14-30-15-13-28/h2-11,21H,12-16H2,1H3. The zero-order valence-corrected chi connectivity index (χ0v) is 17.0. The molecular formula is C23H24N6O. The van der Waals surface area contributed by atoms with Crippen molar-refractivity contribution in [2.45, 2.75) is 19.5 Å². The summed E-state index contributed by atoms with van der Waals surface area (Å²) in [6, 6.07) is 14.2. The highest BCUT2D eigenvalue weighted by molar-refractivity contribution is 5.77. The van der Waals surface area contributed by atoms with Crippen LogP contribution in [0, 0.1) is 6.92 Å². The van der Waals surface area contributed by atoms with Crippen molar-refractivity contribution in [3.63, 3.8) is 0 Å². The van der Waals surface area contributed by atoms with Gasteiger partial charge in [0.05, 0.1) is 41.7 Å². The maximum absolute atomic E-state index is 5.57. The zero-order chi connectivity index (χ0) is 20.3. The van der Waals surface area contributed by atoms with Gasteiger partial charge in [0, 0.05) is 38.2 Å². The van der Waals surface area contributed by atoms with E-state index in [1.54, 1.807) is 0 Å². The summed E-state index contributed by atoms with van der Waals surface area (Å²) >= 11 is 0. The van der Waals surface area contributed by atoms with Gasteiger partial charge in [-0.15, -0.1) is 0 Å². The van der Waals surface area contributed by atoms with Crippen molar-refractivity contribution >= 4 is 11.0 Å². The van der Waals surface area contributed by atoms with Crippen molar-refractivity contribution in [3.8, 4) is 11.5 Å². The molecule has 4 aromatic rings. The summed E-state index contributed by atoms with van der Waals surface area (Å²) in [5.41, 5.74) is 4.53. The zero-order valence-electron chi connectivity index (χ0n) is 17.0. The number of hydrogen-bond donors (Lipinski definition) is 0. The van der Waals surface area contributed by atoms with Gasteiger partial charge >= 0.3 is 0 Å². The van der Waals surface area contributed by atoms with Gasteiger partial charge in [0.1, 0.15) is 5.69 Å². The normalized spacial score (nSPS) is 16.0. The number of ether oxygens (including phenoxy) is 1. The fourth-order valence-electron chi connectivity index (χ4n) is 4.02. The van der Waals surface area contributed by atoms with Crippen LogP contribution in [0.1, 0.15) is 17.4 Å². The molecule has 0 spiro atoms. The predicted octanol–water partition coefficient (Wildman–Crippen LogP) is 3.27. The van der Waals surface area contributed by atoms with Crippen LogP contribution in [0.3, 0.4) is 0 Å². The van der Waals surface area contributed by atoms with Gasteiger partial charge in [-0.1, -0.05) is 18.2 Å². The third kappa shape index (κ3) is 3.69. The Hall–Kier alpha value is -3.16. The highest BCUT2D eigenvalue weighted by Crippen LogP contribution is 2.26. The lowest BCUT2D eigenvalue weighted by molar-refractivity contribution is 0.0115. The first-order chi connectivity index (χ1) is 14.8. The van der Waals surface area contributed by atoms with Crippen molar-refractivity contribution in [2.75, 3.05) is 26.3 Å². The molecule has 152 valence electrons. The molecule has 1 fully saturated rings. The summed E-state index contributed by atoms with van der Waals surface area (Å²) in [6.45, 7) is 6.00. The Bertz CT molecular complexity index is 1140. The largest absolute Gasteiger partial charge is 0.379 e. The third-order valence-electron chi connectivity index (χ3n) is 5.56. The molecular weight excluding hydrogens is 376 g/mol. The molecule has 0 radical (unpaired) electrons. The second-order valence-corrected chi connectivity index (χ2v) is 7.47. The van der Waals surface area contributed by atoms with E-state index in [4.69, 9.17) is 14.7 Å². The molecule has 7 heteroatoms. The SMILES string of the molecule is Cc1nc2ccccc2nc1-c1nccn1CC(c1ccccn1)N1CCOCC1. The van der Waals surface area contributed by atoms with Crippen LogP contribution in [0.25, 0.3) is 22.6 Å². The number of benzene rings is 1. The lowest BCUT2D eigenvalue weighted by atomic mass is 10.1. The number of aryl methyl sites for hydroxylation is 1. The van der Waals surface area contributed by atoms with E-state index in [9.17, 15) is 0 Å². The minimum absolute atomic E-state index is 0.136. The van der Waals surface area contributed by atoms with E-state index in [0.717, 1.165) is 66.8 Å². The number of morpholine rings is 1. The fraction of sp³-hybridized carbons (Fsp3) is 0.304. The highest BCUT2D eigenvalue weighted by Gasteiger charge is 2.25. The Morgan fingerprint density at radius 2 is 1.70 bits per heavy atom. The number of hydrogen-bond acceptors (Lipinski definition) is 6. The van der Waals surface area contributed by atoms with Crippen molar-refractivity contribution in [2.24, 2.45) is 0 Å². The molecule has 1 aliphatic rings. The maximum Gasteiger partial charge on any atom is 0.160 e. The van der Waals surface area contributed by atoms with Crippen molar-refractivity contribution in [3.05, 3.63) is 72.4 Å². The summed E-state index contributed by atoms with van der Waals surface area (Å²) in [5.74, 6) is 0.833. The fourth-order valence-corrected chi connectivity index (χ4v) is 4.02. The predicted molar refractivity (Wildman–Crippen MR) is 115 cm³/mol. The average Bonchev–Trinajstić information content (AvgIpc) is 3.26. The molecule has 3 aromatic heterocycles. The molecule has 0 N–H and O–H groups in total. The Labute approximate surface area is 175 Å². The Morgan fingerprint density at radius 1 is 0.933 bits per heavy atom. The van der Waals surface area contributed by atoms with Gasteiger partial charge in [-0.05, 0) is 31.2 Å². The average molecular weight is 400 g/mol. The Kier molecular flexibility index (Phi) is 5.21. The monoisotopic (exact) mass is 400 g/mol. The van der Waals surface area contributed by atoms with E-state index in [1.165, 1.54) is 0 Å². The Morgan fingerprint density at radius 3 is 2.47 bits per heavy atom. The summed E-state index contributed by atoms with van der Waals surface area (Å²) < 4.78 is 7.74. The second-order valence-electron chi connectivity index (χ2n) is 7.47. The summed E-state index contributed by atoms with van der Waals surface area (Å²) in [5, 5.41) is 0. The molecule has 4 heterocycles. The Balaban J connectivity index is 1.52. The smallest absolute Gasteiger partial charge is 0.160 e. The topological polar surface area (TPSA) is 69.0 Å². The first-order valence-electron chi connectivity index (χ1n) is 10.3. The molecule has 1 atom stereocenters. The van der Waals surface area contributed by atoms with Gasteiger partial charge in [-0.3, -0.25) is 9.88 Å². The number of rotatable bonds is 5. The van der Waals surface area contributed by atoms with Crippen molar-refractivity contribution < 1.29 is 4.74 Å². The number of nitrogens with zero attached hydrogens (tertiary/aromatic N) is 6. The van der Waals surface area contributed by atoms with Crippen LogP contribution >= 0.6 is 0 Å². The lowest BCUT2D eigenvalue weighted by Gasteiger charge is -2.34. The minimum Gasteiger partial charge on any atom is -0.379 e. The minimum atomic E-state index is 0.136. The van der Waals surface area contributed by atoms with E-state index in [0.29, 0.717) is 0 Å². The number of fused-ring (bicyclic) bond motifs is 1. The molecule has 0 amide bonds. The second kappa shape index (κ2) is 8.30. The number of pyridine rings is 1. The van der Waals surface area contributed by atoms with Crippen LogP contribution in [0.15, 0.2) is 61.1 Å². The van der Waals surface area contributed by atoms with Gasteiger partial charge in [0.25, 0.3) is 0 Å². The van der Waals surface area contributed by atoms with Gasteiger partial charge < -0.3 is 9.30 Å². The molecule has 0 bridgehead atoms. The van der Waals surface area contributed by atoms with Gasteiger partial charge in [-0.2, -0.15) is 0 Å². The van der Waals surface area contributed by atoms with Crippen LogP contribution in [0.4, 0.5) is 0 Å². The van der Waals surface area contributed by atoms with Gasteiger partial charge in [0.2, 0.25) is 0 Å². The van der Waals surface area contributed by atoms with Crippen molar-refractivity contribution in [1.29, 1.82) is 0 Å². The van der Waals surface area contributed by atoms with Crippen LogP contribution in [0.2, 0.25) is 0 Å². The van der Waals surface area contributed by atoms with Crippen LogP contribution < -0.4 is 0 Å². The summed E-state index contributed by atoms with van der Waals surface area (Å²) in [7, 11) is 0. The van der Waals surface area contributed by atoms with E-state index in [2.05, 4.69) is 25.5 Å². The van der Waals surface area contributed by atoms with Crippen molar-refractivity contribution in [1.82, 2.24) is 29.4 Å². The highest BCUT2D eigenvalue weighted by atomic mass is 16.5. The molecule has 0 saturated carbocycles. The van der Waals surface area contributed by atoms with Gasteiger partial charge in [-0.25, -0.2) is 15.0 Å². The molecule has 1 unspecified atom stereocenters. The van der Waals surface area contributed by atoms with Gasteiger partial charge in [0.15, 0.2) is 5.82 Å². The number of imidazole rings is 1. The lowest BCUT2D eigenvalue weighted by Crippen LogP contribution is -2.41. The van der Waals surface area contributed by atoms with E-state index in [1.807, 2.05) is 61.9 Å². The molecule has 1 saturated heterocycles. The molecule has 7 nitrogen and oxygen atoms in total. The molecule has 1 aromatic carbocycles. The first kappa shape index (κ1) is 18.8. The van der Waals surface area contributed by atoms with Crippen LogP contribution in [-0.2, 0) is 11.3 Å². The molecule has 0 aliphatic carbocycles. The quantitative estimate of drug-likeness (QED) is 0.512. The van der Waals surface area contributed by atoms with E-state index >= 15 is 0 Å². The molecule has 30 heavy (non-hydrogen) atoms. The maximum atomic E-state index is 5.57. The number of aromatic nitrogens is 5. The summed E-state index contributed by atoms with van der Waals surface area (Å²) in [6.07, 6.45) is 5.71. The third-order valence-corrected chi connectivity index (χ3v) is 5.56. The number of para-hydroxylation sites is 2. The molecule has 1 aliphatic heterocycles. The van der Waals surface area contributed by atoms with E-state index < -0.39 is 0 Å². The van der Waals surface area contributed by atoms with E-state index in [-0.39, 0.29) is 6.04 Å². The summed E-state index contributed by atoms with van der Waals surface area (Å²) in [4.78, 5) is 21.4. The van der Waals surface area contributed by atoms with Crippen LogP contribution in [0.5, 0.6) is 0 Å². The molecule has 5 rings (SSSR count). The van der Waals surface area contributed by atoms with Crippen LogP contribution in [-0.4, -0.2) is 55.7 Å². The first-order valence-corrected chi connectivity index (χ1v) is 10.3.